The minimum Gasteiger partial charge on any atom is -0.497 e. The first-order valence-corrected chi connectivity index (χ1v) is 4.23. The fourth-order valence-electron chi connectivity index (χ4n) is 0.928. The van der Waals surface area contributed by atoms with Crippen LogP contribution >= 0.6 is 0 Å². The van der Waals surface area contributed by atoms with Crippen molar-refractivity contribution < 1.29 is 4.74 Å². The number of nitrogens with one attached hydrogen (secondary N) is 1. The van der Waals surface area contributed by atoms with Gasteiger partial charge in [0.25, 0.3) is 0 Å². The Bertz CT molecular complexity index is 265. The van der Waals surface area contributed by atoms with Crippen molar-refractivity contribution in [1.29, 1.82) is 0 Å². The predicted octanol–water partition coefficient (Wildman–Crippen LogP) is 0.849. The Morgan fingerprint density at radius 3 is 3.08 bits per heavy atom. The minimum atomic E-state index is 0.222. The van der Waals surface area contributed by atoms with Crippen LogP contribution in [0.15, 0.2) is 18.3 Å². The van der Waals surface area contributed by atoms with Gasteiger partial charge in [-0.15, -0.1) is 0 Å². The number of nitrogens with zero attached hydrogens (tertiary/aromatic N) is 1. The molecule has 0 aromatic carbocycles. The SMILES string of the molecule is COc1ccnc(NC(C)CN)c1. The van der Waals surface area contributed by atoms with E-state index in [1.54, 1.807) is 19.4 Å². The van der Waals surface area contributed by atoms with E-state index >= 15 is 0 Å². The number of methoxy groups -OCH3 is 1. The van der Waals surface area contributed by atoms with Crippen molar-refractivity contribution >= 4 is 5.82 Å². The predicted molar refractivity (Wildman–Crippen MR) is 52.9 cm³/mol. The first kappa shape index (κ1) is 9.80. The number of hydrogen-bond donors (Lipinski definition) is 2. The van der Waals surface area contributed by atoms with Crippen LogP contribution < -0.4 is 15.8 Å². The third kappa shape index (κ3) is 2.91. The second kappa shape index (κ2) is 4.67. The van der Waals surface area contributed by atoms with Gasteiger partial charge in [-0.05, 0) is 13.0 Å². The van der Waals surface area contributed by atoms with Crippen molar-refractivity contribution in [3.63, 3.8) is 0 Å². The molecule has 0 fully saturated rings. The van der Waals surface area contributed by atoms with E-state index < -0.39 is 0 Å². The third-order valence-corrected chi connectivity index (χ3v) is 1.71. The van der Waals surface area contributed by atoms with Crippen molar-refractivity contribution in [2.75, 3.05) is 19.0 Å². The molecule has 0 bridgehead atoms. The molecule has 1 aromatic rings. The molecular weight excluding hydrogens is 166 g/mol. The van der Waals surface area contributed by atoms with E-state index in [0.29, 0.717) is 6.54 Å². The second-order valence-electron chi connectivity index (χ2n) is 2.86. The summed E-state index contributed by atoms with van der Waals surface area (Å²) in [7, 11) is 1.63. The van der Waals surface area contributed by atoms with Gasteiger partial charge in [0.15, 0.2) is 0 Å². The molecule has 0 aliphatic carbocycles. The summed E-state index contributed by atoms with van der Waals surface area (Å²) in [6, 6.07) is 3.87. The van der Waals surface area contributed by atoms with Gasteiger partial charge in [-0.2, -0.15) is 0 Å². The maximum Gasteiger partial charge on any atom is 0.129 e. The standard InChI is InChI=1S/C9H15N3O/c1-7(6-10)12-9-5-8(13-2)3-4-11-9/h3-5,7H,6,10H2,1-2H3,(H,11,12). The van der Waals surface area contributed by atoms with E-state index in [1.807, 2.05) is 13.0 Å². The number of anilines is 1. The second-order valence-corrected chi connectivity index (χ2v) is 2.86. The minimum absolute atomic E-state index is 0.222. The maximum atomic E-state index is 5.47. The monoisotopic (exact) mass is 181 g/mol. The quantitative estimate of drug-likeness (QED) is 0.723. The number of hydrogen-bond acceptors (Lipinski definition) is 4. The Morgan fingerprint density at radius 1 is 1.69 bits per heavy atom. The fraction of sp³-hybridized carbons (Fsp3) is 0.444. The van der Waals surface area contributed by atoms with Crippen LogP contribution in [0.2, 0.25) is 0 Å². The Kier molecular flexibility index (Phi) is 3.52. The first-order valence-electron chi connectivity index (χ1n) is 4.23. The molecule has 0 saturated carbocycles. The van der Waals surface area contributed by atoms with Crippen molar-refractivity contribution in [3.05, 3.63) is 18.3 Å². The van der Waals surface area contributed by atoms with Crippen LogP contribution in [0.25, 0.3) is 0 Å². The summed E-state index contributed by atoms with van der Waals surface area (Å²) in [5.74, 6) is 1.58. The molecule has 1 aromatic heterocycles. The molecule has 1 atom stereocenters. The molecule has 0 aliphatic heterocycles. The van der Waals surface area contributed by atoms with Crippen LogP contribution in [0.4, 0.5) is 5.82 Å². The van der Waals surface area contributed by atoms with Gasteiger partial charge in [0, 0.05) is 24.8 Å². The Morgan fingerprint density at radius 2 is 2.46 bits per heavy atom. The first-order chi connectivity index (χ1) is 6.26. The molecule has 4 heteroatoms. The summed E-state index contributed by atoms with van der Waals surface area (Å²) < 4.78 is 5.06. The lowest BCUT2D eigenvalue weighted by Crippen LogP contribution is -2.25. The molecule has 1 rings (SSSR count). The molecule has 72 valence electrons. The molecule has 0 radical (unpaired) electrons. The zero-order valence-electron chi connectivity index (χ0n) is 7.95. The highest BCUT2D eigenvalue weighted by Gasteiger charge is 2.00. The average Bonchev–Trinajstić information content (AvgIpc) is 2.18. The highest BCUT2D eigenvalue weighted by atomic mass is 16.5. The van der Waals surface area contributed by atoms with Gasteiger partial charge in [-0.1, -0.05) is 0 Å². The Labute approximate surface area is 78.1 Å². The summed E-state index contributed by atoms with van der Waals surface area (Å²) in [5.41, 5.74) is 5.47. The lowest BCUT2D eigenvalue weighted by molar-refractivity contribution is 0.414. The smallest absolute Gasteiger partial charge is 0.129 e. The summed E-state index contributed by atoms with van der Waals surface area (Å²) >= 11 is 0. The van der Waals surface area contributed by atoms with Crippen LogP contribution in [0, 0.1) is 0 Å². The van der Waals surface area contributed by atoms with E-state index in [2.05, 4.69) is 10.3 Å². The van der Waals surface area contributed by atoms with Gasteiger partial charge in [0.2, 0.25) is 0 Å². The number of rotatable bonds is 4. The van der Waals surface area contributed by atoms with E-state index in [0.717, 1.165) is 11.6 Å². The van der Waals surface area contributed by atoms with E-state index in [4.69, 9.17) is 10.5 Å². The topological polar surface area (TPSA) is 60.2 Å². The molecule has 0 saturated heterocycles. The van der Waals surface area contributed by atoms with Crippen molar-refractivity contribution in [2.24, 2.45) is 5.73 Å². The zero-order chi connectivity index (χ0) is 9.68. The van der Waals surface area contributed by atoms with Gasteiger partial charge in [0.05, 0.1) is 7.11 Å². The van der Waals surface area contributed by atoms with Crippen molar-refractivity contribution in [2.45, 2.75) is 13.0 Å². The molecule has 13 heavy (non-hydrogen) atoms. The summed E-state index contributed by atoms with van der Waals surface area (Å²) in [6.07, 6.45) is 1.70. The van der Waals surface area contributed by atoms with E-state index in [9.17, 15) is 0 Å². The van der Waals surface area contributed by atoms with E-state index in [-0.39, 0.29) is 6.04 Å². The molecule has 0 aliphatic rings. The number of aromatic nitrogens is 1. The number of pyridine rings is 1. The average molecular weight is 181 g/mol. The van der Waals surface area contributed by atoms with Gasteiger partial charge in [-0.25, -0.2) is 4.98 Å². The van der Waals surface area contributed by atoms with Crippen LogP contribution in [-0.4, -0.2) is 24.7 Å². The Hall–Kier alpha value is -1.29. The van der Waals surface area contributed by atoms with Crippen LogP contribution in [0.3, 0.4) is 0 Å². The van der Waals surface area contributed by atoms with Crippen molar-refractivity contribution in [1.82, 2.24) is 4.98 Å². The van der Waals surface area contributed by atoms with Gasteiger partial charge < -0.3 is 15.8 Å². The molecule has 0 spiro atoms. The van der Waals surface area contributed by atoms with Gasteiger partial charge >= 0.3 is 0 Å². The summed E-state index contributed by atoms with van der Waals surface area (Å²) in [5, 5.41) is 3.15. The van der Waals surface area contributed by atoms with E-state index in [1.165, 1.54) is 0 Å². The largest absolute Gasteiger partial charge is 0.497 e. The highest BCUT2D eigenvalue weighted by Crippen LogP contribution is 2.13. The lowest BCUT2D eigenvalue weighted by Gasteiger charge is -2.12. The number of ether oxygens (including phenoxy) is 1. The third-order valence-electron chi connectivity index (χ3n) is 1.71. The summed E-state index contributed by atoms with van der Waals surface area (Å²) in [4.78, 5) is 4.13. The molecule has 3 N–H and O–H groups in total. The van der Waals surface area contributed by atoms with Crippen LogP contribution in [0.1, 0.15) is 6.92 Å². The fourth-order valence-corrected chi connectivity index (χ4v) is 0.928. The van der Waals surface area contributed by atoms with Crippen LogP contribution in [-0.2, 0) is 0 Å². The number of nitrogens with two attached hydrogens (primary N) is 1. The molecule has 4 nitrogen and oxygen atoms in total. The Balaban J connectivity index is 2.66. The summed E-state index contributed by atoms with van der Waals surface area (Å²) in [6.45, 7) is 2.58. The maximum absolute atomic E-state index is 5.47. The molecule has 1 heterocycles. The molecule has 1 unspecified atom stereocenters. The van der Waals surface area contributed by atoms with Crippen LogP contribution in [0.5, 0.6) is 5.75 Å². The van der Waals surface area contributed by atoms with Gasteiger partial charge in [-0.3, -0.25) is 0 Å². The lowest BCUT2D eigenvalue weighted by atomic mass is 10.3. The van der Waals surface area contributed by atoms with Crippen molar-refractivity contribution in [3.8, 4) is 5.75 Å². The highest BCUT2D eigenvalue weighted by molar-refractivity contribution is 5.41. The molecule has 0 amide bonds. The normalized spacial score (nSPS) is 12.2. The van der Waals surface area contributed by atoms with Gasteiger partial charge in [0.1, 0.15) is 11.6 Å². The molecular formula is C9H15N3O. The zero-order valence-corrected chi connectivity index (χ0v) is 7.95.